The zero-order chi connectivity index (χ0) is 15.4. The second kappa shape index (κ2) is 6.55. The van der Waals surface area contributed by atoms with Gasteiger partial charge in [-0.25, -0.2) is 0 Å². The highest BCUT2D eigenvalue weighted by molar-refractivity contribution is 5.76. The van der Waals surface area contributed by atoms with Crippen molar-refractivity contribution in [2.75, 3.05) is 30.4 Å². The number of nitrogens with one attached hydrogen (secondary N) is 1. The lowest BCUT2D eigenvalue weighted by molar-refractivity contribution is -0.122. The van der Waals surface area contributed by atoms with Gasteiger partial charge in [0.2, 0.25) is 17.8 Å². The number of primary amides is 1. The fourth-order valence-electron chi connectivity index (χ4n) is 2.23. The molecule has 1 aromatic heterocycles. The van der Waals surface area contributed by atoms with Gasteiger partial charge in [-0.3, -0.25) is 4.79 Å². The van der Waals surface area contributed by atoms with Crippen LogP contribution in [0, 0.1) is 5.92 Å². The monoisotopic (exact) mass is 294 g/mol. The number of hydrogen-bond acceptors (Lipinski definition) is 7. The van der Waals surface area contributed by atoms with Gasteiger partial charge in [0.15, 0.2) is 0 Å². The van der Waals surface area contributed by atoms with E-state index in [2.05, 4.69) is 20.3 Å². The molecule has 1 fully saturated rings. The zero-order valence-corrected chi connectivity index (χ0v) is 12.7. The molecule has 0 saturated carbocycles. The fraction of sp³-hybridized carbons (Fsp3) is 0.692. The van der Waals surface area contributed by atoms with Crippen LogP contribution in [0.4, 0.5) is 11.9 Å². The summed E-state index contributed by atoms with van der Waals surface area (Å²) < 4.78 is 5.54. The van der Waals surface area contributed by atoms with Crippen LogP contribution >= 0.6 is 0 Å². The Morgan fingerprint density at radius 3 is 2.52 bits per heavy atom. The van der Waals surface area contributed by atoms with Gasteiger partial charge in [0.1, 0.15) is 0 Å². The molecule has 3 N–H and O–H groups in total. The van der Waals surface area contributed by atoms with Crippen molar-refractivity contribution in [1.82, 2.24) is 15.0 Å². The van der Waals surface area contributed by atoms with Crippen LogP contribution in [0.2, 0.25) is 0 Å². The van der Waals surface area contributed by atoms with E-state index in [0.29, 0.717) is 31.0 Å². The molecule has 0 aliphatic carbocycles. The highest BCUT2D eigenvalue weighted by Crippen LogP contribution is 2.22. The molecule has 1 aliphatic rings. The first kappa shape index (κ1) is 15.3. The van der Waals surface area contributed by atoms with Crippen molar-refractivity contribution in [2.45, 2.75) is 32.8 Å². The Kier molecular flexibility index (Phi) is 4.77. The van der Waals surface area contributed by atoms with E-state index in [-0.39, 0.29) is 17.9 Å². The van der Waals surface area contributed by atoms with Crippen molar-refractivity contribution in [1.29, 1.82) is 0 Å². The third-order valence-corrected chi connectivity index (χ3v) is 3.35. The Morgan fingerprint density at radius 1 is 1.33 bits per heavy atom. The minimum Gasteiger partial charge on any atom is -0.461 e. The summed E-state index contributed by atoms with van der Waals surface area (Å²) in [5.41, 5.74) is 5.35. The molecule has 0 bridgehead atoms. The van der Waals surface area contributed by atoms with Gasteiger partial charge in [-0.05, 0) is 26.7 Å². The van der Waals surface area contributed by atoms with Gasteiger partial charge >= 0.3 is 6.01 Å². The van der Waals surface area contributed by atoms with Gasteiger partial charge in [0, 0.05) is 26.1 Å². The number of nitrogens with zero attached hydrogens (tertiary/aromatic N) is 4. The first-order chi connectivity index (χ1) is 9.99. The lowest BCUT2D eigenvalue weighted by atomic mass is 9.96. The summed E-state index contributed by atoms with van der Waals surface area (Å²) in [5, 5.41) is 2.90. The number of aromatic nitrogens is 3. The summed E-state index contributed by atoms with van der Waals surface area (Å²) in [6.07, 6.45) is 1.43. The van der Waals surface area contributed by atoms with Gasteiger partial charge in [0.05, 0.1) is 6.10 Å². The molecule has 0 unspecified atom stereocenters. The van der Waals surface area contributed by atoms with Gasteiger partial charge in [0.25, 0.3) is 0 Å². The number of carbonyl (C=O) groups excluding carboxylic acids is 1. The molecule has 0 radical (unpaired) electrons. The van der Waals surface area contributed by atoms with E-state index in [1.807, 2.05) is 18.7 Å². The van der Waals surface area contributed by atoms with E-state index in [9.17, 15) is 4.79 Å². The predicted octanol–water partition coefficient (Wildman–Crippen LogP) is 0.402. The summed E-state index contributed by atoms with van der Waals surface area (Å²) in [7, 11) is 1.75. The lowest BCUT2D eigenvalue weighted by Crippen LogP contribution is -2.39. The van der Waals surface area contributed by atoms with E-state index in [4.69, 9.17) is 10.5 Å². The average molecular weight is 294 g/mol. The smallest absolute Gasteiger partial charge is 0.323 e. The van der Waals surface area contributed by atoms with Crippen LogP contribution in [0.3, 0.4) is 0 Å². The number of carbonyl (C=O) groups is 1. The quantitative estimate of drug-likeness (QED) is 0.809. The number of nitrogens with two attached hydrogens (primary N) is 1. The fourth-order valence-corrected chi connectivity index (χ4v) is 2.23. The largest absolute Gasteiger partial charge is 0.461 e. The van der Waals surface area contributed by atoms with E-state index >= 15 is 0 Å². The molecule has 1 aliphatic heterocycles. The second-order valence-electron chi connectivity index (χ2n) is 5.32. The van der Waals surface area contributed by atoms with Crippen LogP contribution < -0.4 is 20.7 Å². The zero-order valence-electron chi connectivity index (χ0n) is 12.7. The average Bonchev–Trinajstić information content (AvgIpc) is 2.46. The molecule has 116 valence electrons. The first-order valence-electron chi connectivity index (χ1n) is 7.14. The number of hydrogen-bond donors (Lipinski definition) is 2. The molecule has 2 rings (SSSR count). The molecule has 0 aromatic carbocycles. The van der Waals surface area contributed by atoms with E-state index in [1.54, 1.807) is 7.05 Å². The maximum absolute atomic E-state index is 11.2. The molecular formula is C13H22N6O2. The lowest BCUT2D eigenvalue weighted by Gasteiger charge is -2.30. The van der Waals surface area contributed by atoms with Crippen LogP contribution in [-0.2, 0) is 4.79 Å². The molecule has 21 heavy (non-hydrogen) atoms. The molecule has 1 aromatic rings. The van der Waals surface area contributed by atoms with E-state index < -0.39 is 0 Å². The summed E-state index contributed by atoms with van der Waals surface area (Å²) >= 11 is 0. The molecule has 1 saturated heterocycles. The topological polar surface area (TPSA) is 106 Å². The molecule has 1 amide bonds. The summed E-state index contributed by atoms with van der Waals surface area (Å²) in [6, 6.07) is 0.302. The molecule has 0 spiro atoms. The third kappa shape index (κ3) is 3.93. The number of amides is 1. The standard InChI is InChI=1S/C13H22N6O2/c1-8(2)21-13-17-11(15-3)16-12(18-13)19-6-4-9(5-7-19)10(14)20/h8-9H,4-7H2,1-3H3,(H2,14,20)(H,15,16,17,18). The first-order valence-corrected chi connectivity index (χ1v) is 7.14. The molecule has 2 heterocycles. The minimum atomic E-state index is -0.231. The minimum absolute atomic E-state index is 0.00875. The predicted molar refractivity (Wildman–Crippen MR) is 79.3 cm³/mol. The van der Waals surface area contributed by atoms with Crippen molar-refractivity contribution >= 4 is 17.8 Å². The van der Waals surface area contributed by atoms with Crippen molar-refractivity contribution in [3.8, 4) is 6.01 Å². The van der Waals surface area contributed by atoms with Gasteiger partial charge in [-0.2, -0.15) is 15.0 Å². The SMILES string of the molecule is CNc1nc(OC(C)C)nc(N2CCC(C(N)=O)CC2)n1. The highest BCUT2D eigenvalue weighted by Gasteiger charge is 2.25. The number of rotatable bonds is 5. The highest BCUT2D eigenvalue weighted by atomic mass is 16.5. The molecule has 0 atom stereocenters. The number of piperidine rings is 1. The molecular weight excluding hydrogens is 272 g/mol. The Hall–Kier alpha value is -2.12. The van der Waals surface area contributed by atoms with E-state index in [1.165, 1.54) is 0 Å². The second-order valence-corrected chi connectivity index (χ2v) is 5.32. The number of anilines is 2. The van der Waals surface area contributed by atoms with Crippen LogP contribution in [-0.4, -0.2) is 47.1 Å². The molecule has 8 nitrogen and oxygen atoms in total. The normalized spacial score (nSPS) is 16.1. The van der Waals surface area contributed by atoms with Gasteiger partial charge in [-0.1, -0.05) is 0 Å². The van der Waals surface area contributed by atoms with Gasteiger partial charge < -0.3 is 20.7 Å². The Labute approximate surface area is 124 Å². The summed E-state index contributed by atoms with van der Waals surface area (Å²) in [6.45, 7) is 5.23. The Bertz CT molecular complexity index is 499. The van der Waals surface area contributed by atoms with Crippen LogP contribution in [0.25, 0.3) is 0 Å². The van der Waals surface area contributed by atoms with Crippen LogP contribution in [0.15, 0.2) is 0 Å². The third-order valence-electron chi connectivity index (χ3n) is 3.35. The Morgan fingerprint density at radius 2 is 2.00 bits per heavy atom. The molecule has 8 heteroatoms. The summed E-state index contributed by atoms with van der Waals surface area (Å²) in [5.74, 6) is 0.740. The maximum Gasteiger partial charge on any atom is 0.323 e. The number of ether oxygens (including phenoxy) is 1. The van der Waals surface area contributed by atoms with Crippen LogP contribution in [0.5, 0.6) is 6.01 Å². The van der Waals surface area contributed by atoms with Crippen LogP contribution in [0.1, 0.15) is 26.7 Å². The van der Waals surface area contributed by atoms with Crippen molar-refractivity contribution < 1.29 is 9.53 Å². The summed E-state index contributed by atoms with van der Waals surface area (Å²) in [4.78, 5) is 26.1. The van der Waals surface area contributed by atoms with Crippen molar-refractivity contribution in [3.05, 3.63) is 0 Å². The van der Waals surface area contributed by atoms with Crippen molar-refractivity contribution in [3.63, 3.8) is 0 Å². The van der Waals surface area contributed by atoms with E-state index in [0.717, 1.165) is 12.8 Å². The maximum atomic E-state index is 11.2. The van der Waals surface area contributed by atoms with Crippen molar-refractivity contribution in [2.24, 2.45) is 11.7 Å². The Balaban J connectivity index is 2.14. The van der Waals surface area contributed by atoms with Gasteiger partial charge in [-0.15, -0.1) is 0 Å².